The molecule has 0 fully saturated rings. The minimum absolute atomic E-state index is 0.222. The van der Waals surface area contributed by atoms with Crippen LogP contribution in [0.25, 0.3) is 6.08 Å². The zero-order valence-corrected chi connectivity index (χ0v) is 9.82. The molecular formula is C13H16O3. The minimum atomic E-state index is -0.662. The molecule has 1 aromatic carbocycles. The summed E-state index contributed by atoms with van der Waals surface area (Å²) in [6.07, 6.45) is 3.03. The molecule has 0 saturated carbocycles. The van der Waals surface area contributed by atoms with E-state index in [0.29, 0.717) is 0 Å². The van der Waals surface area contributed by atoms with Crippen LogP contribution in [0.15, 0.2) is 24.3 Å². The molecule has 3 nitrogen and oxygen atoms in total. The lowest BCUT2D eigenvalue weighted by atomic mass is 10.1. The quantitative estimate of drug-likeness (QED) is 0.734. The van der Waals surface area contributed by atoms with Crippen LogP contribution in [-0.4, -0.2) is 19.9 Å². The van der Waals surface area contributed by atoms with Gasteiger partial charge in [-0.1, -0.05) is 24.3 Å². The molecule has 1 rings (SSSR count). The Morgan fingerprint density at radius 1 is 1.31 bits per heavy atom. The molecule has 86 valence electrons. The Morgan fingerprint density at radius 3 is 2.69 bits per heavy atom. The molecule has 0 atom stereocenters. The van der Waals surface area contributed by atoms with Crippen LogP contribution < -0.4 is 0 Å². The Labute approximate surface area is 95.7 Å². The first-order chi connectivity index (χ1) is 7.63. The van der Waals surface area contributed by atoms with Crippen molar-refractivity contribution >= 4 is 12.2 Å². The van der Waals surface area contributed by atoms with E-state index in [1.54, 1.807) is 6.08 Å². The molecule has 0 radical (unpaired) electrons. The Hall–Kier alpha value is -1.77. The summed E-state index contributed by atoms with van der Waals surface area (Å²) in [7, 11) is 1.29. The van der Waals surface area contributed by atoms with Crippen LogP contribution in [-0.2, 0) is 9.47 Å². The van der Waals surface area contributed by atoms with Gasteiger partial charge in [0.2, 0.25) is 0 Å². The van der Waals surface area contributed by atoms with E-state index in [2.05, 4.69) is 30.7 Å². The topological polar surface area (TPSA) is 35.5 Å². The zero-order chi connectivity index (χ0) is 12.0. The third kappa shape index (κ3) is 3.77. The molecule has 0 amide bonds. The first-order valence-corrected chi connectivity index (χ1v) is 5.08. The van der Waals surface area contributed by atoms with Gasteiger partial charge in [0.1, 0.15) is 6.61 Å². The van der Waals surface area contributed by atoms with Crippen LogP contribution in [0.3, 0.4) is 0 Å². The van der Waals surface area contributed by atoms with Crippen molar-refractivity contribution in [1.82, 2.24) is 0 Å². The first kappa shape index (κ1) is 12.3. The average Bonchev–Trinajstić information content (AvgIpc) is 2.28. The predicted molar refractivity (Wildman–Crippen MR) is 63.3 cm³/mol. The van der Waals surface area contributed by atoms with E-state index >= 15 is 0 Å². The standard InChI is InChI=1S/C13H16O3/c1-10-6-7-12(9-11(10)2)5-4-8-16-13(14)15-3/h4-7,9H,8H2,1-3H3/b5-4+. The lowest BCUT2D eigenvalue weighted by Crippen LogP contribution is -2.03. The van der Waals surface area contributed by atoms with Crippen molar-refractivity contribution in [1.29, 1.82) is 0 Å². The van der Waals surface area contributed by atoms with Gasteiger partial charge in [-0.3, -0.25) is 0 Å². The van der Waals surface area contributed by atoms with Crippen molar-refractivity contribution in [2.75, 3.05) is 13.7 Å². The molecule has 3 heteroatoms. The number of ether oxygens (including phenoxy) is 2. The molecule has 0 aliphatic heterocycles. The normalized spacial score (nSPS) is 10.4. The highest BCUT2D eigenvalue weighted by Crippen LogP contribution is 2.10. The van der Waals surface area contributed by atoms with Crippen molar-refractivity contribution in [3.63, 3.8) is 0 Å². The van der Waals surface area contributed by atoms with E-state index in [0.717, 1.165) is 5.56 Å². The fourth-order valence-corrected chi connectivity index (χ4v) is 1.23. The van der Waals surface area contributed by atoms with Gasteiger partial charge in [-0.2, -0.15) is 0 Å². The number of hydrogen-bond donors (Lipinski definition) is 0. The van der Waals surface area contributed by atoms with Crippen molar-refractivity contribution < 1.29 is 14.3 Å². The molecule has 0 N–H and O–H groups in total. The Kier molecular flexibility index (Phi) is 4.58. The van der Waals surface area contributed by atoms with Gasteiger partial charge in [-0.25, -0.2) is 4.79 Å². The summed E-state index contributed by atoms with van der Waals surface area (Å²) >= 11 is 0. The summed E-state index contributed by atoms with van der Waals surface area (Å²) in [5.41, 5.74) is 3.61. The van der Waals surface area contributed by atoms with Crippen molar-refractivity contribution in [2.45, 2.75) is 13.8 Å². The number of benzene rings is 1. The SMILES string of the molecule is COC(=O)OC/C=C/c1ccc(C)c(C)c1. The number of aryl methyl sites for hydroxylation is 2. The Bertz CT molecular complexity index is 394. The van der Waals surface area contributed by atoms with Gasteiger partial charge in [0, 0.05) is 0 Å². The van der Waals surface area contributed by atoms with Gasteiger partial charge >= 0.3 is 6.16 Å². The molecule has 0 saturated heterocycles. The van der Waals surface area contributed by atoms with Crippen LogP contribution >= 0.6 is 0 Å². The van der Waals surface area contributed by atoms with Gasteiger partial charge in [0.05, 0.1) is 7.11 Å². The molecule has 0 aromatic heterocycles. The average molecular weight is 220 g/mol. The number of hydrogen-bond acceptors (Lipinski definition) is 3. The van der Waals surface area contributed by atoms with Crippen molar-refractivity contribution in [3.05, 3.63) is 41.0 Å². The van der Waals surface area contributed by atoms with Crippen molar-refractivity contribution in [3.8, 4) is 0 Å². The zero-order valence-electron chi connectivity index (χ0n) is 9.82. The molecular weight excluding hydrogens is 204 g/mol. The highest BCUT2D eigenvalue weighted by atomic mass is 16.7. The highest BCUT2D eigenvalue weighted by Gasteiger charge is 1.96. The molecule has 0 unspecified atom stereocenters. The number of methoxy groups -OCH3 is 1. The van der Waals surface area contributed by atoms with E-state index in [1.807, 2.05) is 12.1 Å². The van der Waals surface area contributed by atoms with Gasteiger partial charge in [-0.05, 0) is 36.6 Å². The number of carbonyl (C=O) groups is 1. The summed E-state index contributed by atoms with van der Waals surface area (Å²) in [5.74, 6) is 0. The number of rotatable bonds is 3. The molecule has 1 aromatic rings. The third-order valence-electron chi connectivity index (χ3n) is 2.31. The van der Waals surface area contributed by atoms with Gasteiger partial charge in [0.25, 0.3) is 0 Å². The van der Waals surface area contributed by atoms with E-state index in [4.69, 9.17) is 4.74 Å². The Morgan fingerprint density at radius 2 is 2.06 bits per heavy atom. The molecule has 0 aliphatic rings. The molecule has 0 bridgehead atoms. The van der Waals surface area contributed by atoms with Crippen LogP contribution in [0.5, 0.6) is 0 Å². The molecule has 0 spiro atoms. The van der Waals surface area contributed by atoms with E-state index in [9.17, 15) is 4.79 Å². The number of carbonyl (C=O) groups excluding carboxylic acids is 1. The van der Waals surface area contributed by atoms with Gasteiger partial charge in [0.15, 0.2) is 0 Å². The first-order valence-electron chi connectivity index (χ1n) is 5.08. The summed E-state index contributed by atoms with van der Waals surface area (Å²) in [6.45, 7) is 4.36. The third-order valence-corrected chi connectivity index (χ3v) is 2.31. The lowest BCUT2D eigenvalue weighted by Gasteiger charge is -2.01. The second-order valence-corrected chi connectivity index (χ2v) is 3.51. The monoisotopic (exact) mass is 220 g/mol. The van der Waals surface area contributed by atoms with E-state index in [-0.39, 0.29) is 6.61 Å². The second kappa shape index (κ2) is 5.95. The Balaban J connectivity index is 2.50. The van der Waals surface area contributed by atoms with Crippen LogP contribution in [0.4, 0.5) is 4.79 Å². The largest absolute Gasteiger partial charge is 0.508 e. The smallest absolute Gasteiger partial charge is 0.438 e. The lowest BCUT2D eigenvalue weighted by molar-refractivity contribution is 0.0819. The van der Waals surface area contributed by atoms with Crippen LogP contribution in [0.1, 0.15) is 16.7 Å². The summed E-state index contributed by atoms with van der Waals surface area (Å²) in [4.78, 5) is 10.6. The fourth-order valence-electron chi connectivity index (χ4n) is 1.23. The predicted octanol–water partition coefficient (Wildman–Crippen LogP) is 3.10. The second-order valence-electron chi connectivity index (χ2n) is 3.51. The summed E-state index contributed by atoms with van der Waals surface area (Å²) < 4.78 is 9.06. The maximum atomic E-state index is 10.6. The molecule has 16 heavy (non-hydrogen) atoms. The highest BCUT2D eigenvalue weighted by molar-refractivity contribution is 5.60. The summed E-state index contributed by atoms with van der Waals surface area (Å²) in [6, 6.07) is 6.18. The molecule has 0 aliphatic carbocycles. The molecule has 0 heterocycles. The summed E-state index contributed by atoms with van der Waals surface area (Å²) in [5, 5.41) is 0. The van der Waals surface area contributed by atoms with Crippen molar-refractivity contribution in [2.24, 2.45) is 0 Å². The van der Waals surface area contributed by atoms with Crippen LogP contribution in [0.2, 0.25) is 0 Å². The van der Waals surface area contributed by atoms with E-state index in [1.165, 1.54) is 18.2 Å². The van der Waals surface area contributed by atoms with Crippen LogP contribution in [0, 0.1) is 13.8 Å². The maximum absolute atomic E-state index is 10.6. The maximum Gasteiger partial charge on any atom is 0.508 e. The minimum Gasteiger partial charge on any atom is -0.438 e. The van der Waals surface area contributed by atoms with E-state index < -0.39 is 6.16 Å². The van der Waals surface area contributed by atoms with Gasteiger partial charge in [-0.15, -0.1) is 0 Å². The fraction of sp³-hybridized carbons (Fsp3) is 0.308. The van der Waals surface area contributed by atoms with Gasteiger partial charge < -0.3 is 9.47 Å².